The van der Waals surface area contributed by atoms with Crippen molar-refractivity contribution in [3.05, 3.63) is 97.1 Å². The summed E-state index contributed by atoms with van der Waals surface area (Å²) in [5.74, 6) is 1.41. The summed E-state index contributed by atoms with van der Waals surface area (Å²) in [4.78, 5) is 0. The highest BCUT2D eigenvalue weighted by molar-refractivity contribution is 6.99. The Hall–Kier alpha value is -2.69. The fourth-order valence-corrected chi connectivity index (χ4v) is 11.5. The molecule has 0 aliphatic carbocycles. The molecule has 3 aromatic rings. The Bertz CT molecular complexity index is 1320. The highest BCUT2D eigenvalue weighted by Gasteiger charge is 2.50. The molecular weight excluding hydrogens is 605 g/mol. The molecule has 46 heavy (non-hydrogen) atoms. The Morgan fingerprint density at radius 2 is 1.26 bits per heavy atom. The summed E-state index contributed by atoms with van der Waals surface area (Å²) < 4.78 is 32.0. The fourth-order valence-electron chi connectivity index (χ4n) is 5.80. The molecule has 0 fully saturated rings. The lowest BCUT2D eigenvalue weighted by molar-refractivity contribution is -0.0426. The molecule has 0 amide bonds. The maximum Gasteiger partial charge on any atom is 0.261 e. The van der Waals surface area contributed by atoms with Gasteiger partial charge in [-0.3, -0.25) is 0 Å². The quantitative estimate of drug-likeness (QED) is 0.114. The van der Waals surface area contributed by atoms with Crippen LogP contribution in [0.15, 0.2) is 91.5 Å². The van der Waals surface area contributed by atoms with Crippen molar-refractivity contribution in [1.82, 2.24) is 0 Å². The van der Waals surface area contributed by atoms with Crippen molar-refractivity contribution in [2.24, 2.45) is 11.8 Å². The Labute approximate surface area is 281 Å². The summed E-state index contributed by atoms with van der Waals surface area (Å²) >= 11 is 0. The van der Waals surface area contributed by atoms with Gasteiger partial charge < -0.3 is 23.1 Å². The van der Waals surface area contributed by atoms with Crippen molar-refractivity contribution in [2.75, 3.05) is 27.4 Å². The van der Waals surface area contributed by atoms with Gasteiger partial charge in [0.1, 0.15) is 0 Å². The van der Waals surface area contributed by atoms with E-state index < -0.39 is 16.6 Å². The molecule has 3 aromatic carbocycles. The first-order chi connectivity index (χ1) is 21.6. The van der Waals surface area contributed by atoms with Crippen LogP contribution in [0.4, 0.5) is 0 Å². The Morgan fingerprint density at radius 3 is 1.72 bits per heavy atom. The van der Waals surface area contributed by atoms with Gasteiger partial charge in [0.25, 0.3) is 8.32 Å². The average molecular weight is 663 g/mol. The lowest BCUT2D eigenvalue weighted by Crippen LogP contribution is -2.67. The maximum absolute atomic E-state index is 7.38. The normalized spacial score (nSPS) is 14.8. The average Bonchev–Trinajstić information content (AvgIpc) is 3.02. The van der Waals surface area contributed by atoms with E-state index >= 15 is 0 Å². The molecule has 0 spiro atoms. The van der Waals surface area contributed by atoms with Crippen LogP contribution in [-0.4, -0.2) is 50.2 Å². The largest absolute Gasteiger partial charge is 0.493 e. The number of ether oxygens (including phenoxy) is 3. The second-order valence-corrected chi connectivity index (χ2v) is 24.0. The van der Waals surface area contributed by atoms with Crippen LogP contribution >= 0.6 is 0 Å². The van der Waals surface area contributed by atoms with Crippen LogP contribution in [0.3, 0.4) is 0 Å². The van der Waals surface area contributed by atoms with Crippen molar-refractivity contribution in [1.29, 1.82) is 0 Å². The van der Waals surface area contributed by atoms with Gasteiger partial charge >= 0.3 is 0 Å². The molecule has 0 bridgehead atoms. The third-order valence-corrected chi connectivity index (χ3v) is 19.1. The molecule has 0 radical (unpaired) electrons. The molecule has 7 heteroatoms. The van der Waals surface area contributed by atoms with Gasteiger partial charge in [-0.2, -0.15) is 0 Å². The van der Waals surface area contributed by atoms with Crippen LogP contribution in [0.5, 0.6) is 11.5 Å². The molecule has 0 aliphatic rings. The van der Waals surface area contributed by atoms with Crippen molar-refractivity contribution >= 4 is 27.0 Å². The summed E-state index contributed by atoms with van der Waals surface area (Å²) in [6.07, 6.45) is 1.82. The van der Waals surface area contributed by atoms with E-state index in [2.05, 4.69) is 129 Å². The third-order valence-electron chi connectivity index (χ3n) is 9.60. The van der Waals surface area contributed by atoms with Gasteiger partial charge in [-0.1, -0.05) is 121 Å². The minimum atomic E-state index is -2.72. The summed E-state index contributed by atoms with van der Waals surface area (Å²) in [6.45, 7) is 26.3. The van der Waals surface area contributed by atoms with Gasteiger partial charge in [-0.05, 0) is 51.2 Å². The molecule has 0 saturated carbocycles. The molecule has 0 N–H and O–H groups in total. The molecule has 0 aliphatic heterocycles. The summed E-state index contributed by atoms with van der Waals surface area (Å²) in [6, 6.07) is 27.5. The predicted octanol–water partition coefficient (Wildman–Crippen LogP) is 8.63. The number of methoxy groups -OCH3 is 2. The van der Waals surface area contributed by atoms with E-state index in [-0.39, 0.29) is 28.0 Å². The van der Waals surface area contributed by atoms with Crippen LogP contribution in [0.1, 0.15) is 54.0 Å². The summed E-state index contributed by atoms with van der Waals surface area (Å²) in [5, 5.41) is 2.52. The van der Waals surface area contributed by atoms with Gasteiger partial charge in [0.15, 0.2) is 19.8 Å². The van der Waals surface area contributed by atoms with E-state index in [0.29, 0.717) is 31.3 Å². The topological polar surface area (TPSA) is 46.2 Å². The summed E-state index contributed by atoms with van der Waals surface area (Å²) in [5.41, 5.74) is 1.01. The minimum Gasteiger partial charge on any atom is -0.493 e. The Kier molecular flexibility index (Phi) is 13.1. The highest BCUT2D eigenvalue weighted by Crippen LogP contribution is 2.39. The second kappa shape index (κ2) is 15.9. The van der Waals surface area contributed by atoms with Crippen molar-refractivity contribution in [3.8, 4) is 11.5 Å². The van der Waals surface area contributed by atoms with Crippen molar-refractivity contribution in [3.63, 3.8) is 0 Å². The van der Waals surface area contributed by atoms with Crippen LogP contribution in [0.25, 0.3) is 0 Å². The van der Waals surface area contributed by atoms with Gasteiger partial charge in [-0.15, -0.1) is 6.58 Å². The maximum atomic E-state index is 7.38. The Morgan fingerprint density at radius 1 is 0.717 bits per heavy atom. The minimum absolute atomic E-state index is 0.0213. The SMILES string of the molecule is C=C[C@@H](CO[Si](C)(C)C(C)(C)C)[C@@H](OCc1ccc(OC)c(OC)c1)[C@H](C)CO[Si](c1ccccc1)(c1ccccc1)C(C)(C)C. The van der Waals surface area contributed by atoms with Gasteiger partial charge in [0.05, 0.1) is 26.9 Å². The van der Waals surface area contributed by atoms with E-state index in [0.717, 1.165) is 5.56 Å². The third kappa shape index (κ3) is 8.81. The van der Waals surface area contributed by atoms with Crippen LogP contribution in [0, 0.1) is 11.8 Å². The summed E-state index contributed by atoms with van der Waals surface area (Å²) in [7, 11) is -1.41. The van der Waals surface area contributed by atoms with Crippen LogP contribution in [-0.2, 0) is 20.2 Å². The van der Waals surface area contributed by atoms with Gasteiger partial charge in [-0.25, -0.2) is 0 Å². The van der Waals surface area contributed by atoms with E-state index in [9.17, 15) is 0 Å². The molecular formula is C39H58O5Si2. The molecule has 0 aromatic heterocycles. The van der Waals surface area contributed by atoms with Crippen molar-refractivity contribution < 1.29 is 23.1 Å². The molecule has 252 valence electrons. The molecule has 0 heterocycles. The Balaban J connectivity index is 1.99. The van der Waals surface area contributed by atoms with E-state index in [1.54, 1.807) is 14.2 Å². The first-order valence-electron chi connectivity index (χ1n) is 16.4. The van der Waals surface area contributed by atoms with Crippen molar-refractivity contribution in [2.45, 2.75) is 84.3 Å². The number of benzene rings is 3. The van der Waals surface area contributed by atoms with E-state index in [4.69, 9.17) is 23.1 Å². The highest BCUT2D eigenvalue weighted by atomic mass is 28.4. The first kappa shape index (κ1) is 37.8. The van der Waals surface area contributed by atoms with E-state index in [1.165, 1.54) is 10.4 Å². The van der Waals surface area contributed by atoms with Crippen LogP contribution < -0.4 is 19.8 Å². The lowest BCUT2D eigenvalue weighted by Gasteiger charge is -2.44. The fraction of sp³-hybridized carbons (Fsp3) is 0.487. The lowest BCUT2D eigenvalue weighted by atomic mass is 9.93. The molecule has 0 saturated heterocycles. The molecule has 3 rings (SSSR count). The predicted molar refractivity (Wildman–Crippen MR) is 198 cm³/mol. The smallest absolute Gasteiger partial charge is 0.261 e. The molecule has 3 atom stereocenters. The molecule has 0 unspecified atom stereocenters. The zero-order valence-electron chi connectivity index (χ0n) is 30.2. The number of rotatable bonds is 16. The van der Waals surface area contributed by atoms with Gasteiger partial charge in [0.2, 0.25) is 0 Å². The van der Waals surface area contributed by atoms with Crippen LogP contribution in [0.2, 0.25) is 23.2 Å². The molecule has 5 nitrogen and oxygen atoms in total. The standard InChI is InChI=1S/C39H58O5Si2/c1-13-32(29-43-45(11,12)38(3,4)5)37(42-28-31-24-25-35(40-9)36(26-31)41-10)30(2)27-44-46(39(6,7)8,33-20-16-14-17-21-33)34-22-18-15-19-23-34/h13-26,30,32,37H,1,27-29H2,2-12H3/t30-,32+,37+/m1/s1. The monoisotopic (exact) mass is 662 g/mol. The number of hydrogen-bond donors (Lipinski definition) is 0. The first-order valence-corrected chi connectivity index (χ1v) is 21.3. The second-order valence-electron chi connectivity index (χ2n) is 14.9. The number of hydrogen-bond acceptors (Lipinski definition) is 5. The zero-order valence-corrected chi connectivity index (χ0v) is 32.2. The van der Waals surface area contributed by atoms with E-state index in [1.807, 2.05) is 24.3 Å². The zero-order chi connectivity index (χ0) is 34.2. The van der Waals surface area contributed by atoms with Gasteiger partial charge in [0, 0.05) is 25.0 Å².